The van der Waals surface area contributed by atoms with Crippen LogP contribution in [-0.2, 0) is 9.53 Å². The van der Waals surface area contributed by atoms with Crippen LogP contribution in [0.3, 0.4) is 0 Å². The molecule has 1 aromatic heterocycles. The van der Waals surface area contributed by atoms with Gasteiger partial charge >= 0.3 is 12.6 Å². The molecule has 0 aliphatic carbocycles. The minimum Gasteiger partial charge on any atom is -0.435 e. The van der Waals surface area contributed by atoms with Crippen molar-refractivity contribution in [2.45, 2.75) is 6.61 Å². The Balaban J connectivity index is 1.55. The normalized spacial score (nSPS) is 15.0. The monoisotopic (exact) mass is 381 g/mol. The molecule has 0 radical (unpaired) electrons. The number of esters is 1. The van der Waals surface area contributed by atoms with Crippen LogP contribution in [0.5, 0.6) is 5.75 Å². The average molecular weight is 381 g/mol. The molecule has 1 aliphatic rings. The molecule has 0 unspecified atom stereocenters. The Labute approximate surface area is 158 Å². The number of alkyl halides is 2. The molecular formula is C20H13F2N3O3. The van der Waals surface area contributed by atoms with Crippen LogP contribution in [0.2, 0.25) is 0 Å². The SMILES string of the molecule is O=C1OC(c2ccc(OC(F)F)cc2)=N/C1=C\c1cnn(-c2ccccc2)c1. The van der Waals surface area contributed by atoms with Crippen molar-refractivity contribution in [3.05, 3.63) is 83.8 Å². The first-order chi connectivity index (χ1) is 13.6. The summed E-state index contributed by atoms with van der Waals surface area (Å²) in [4.78, 5) is 16.3. The first-order valence-electron chi connectivity index (χ1n) is 8.26. The van der Waals surface area contributed by atoms with E-state index >= 15 is 0 Å². The molecule has 2 aromatic carbocycles. The zero-order chi connectivity index (χ0) is 19.5. The van der Waals surface area contributed by atoms with E-state index in [1.807, 2.05) is 30.3 Å². The number of rotatable bonds is 5. The third-order valence-corrected chi connectivity index (χ3v) is 3.87. The van der Waals surface area contributed by atoms with Crippen LogP contribution in [0, 0.1) is 0 Å². The molecule has 0 fully saturated rings. The zero-order valence-electron chi connectivity index (χ0n) is 14.3. The van der Waals surface area contributed by atoms with Crippen molar-refractivity contribution >= 4 is 17.9 Å². The smallest absolute Gasteiger partial charge is 0.387 e. The highest BCUT2D eigenvalue weighted by Gasteiger charge is 2.24. The van der Waals surface area contributed by atoms with Crippen LogP contribution in [0.15, 0.2) is 77.7 Å². The van der Waals surface area contributed by atoms with E-state index in [0.717, 1.165) is 5.69 Å². The van der Waals surface area contributed by atoms with Gasteiger partial charge in [-0.3, -0.25) is 0 Å². The van der Waals surface area contributed by atoms with E-state index in [9.17, 15) is 13.6 Å². The summed E-state index contributed by atoms with van der Waals surface area (Å²) in [5, 5.41) is 4.26. The van der Waals surface area contributed by atoms with E-state index in [1.165, 1.54) is 24.3 Å². The third-order valence-electron chi connectivity index (χ3n) is 3.87. The maximum Gasteiger partial charge on any atom is 0.387 e. The average Bonchev–Trinajstić information content (AvgIpc) is 3.30. The molecule has 0 spiro atoms. The van der Waals surface area contributed by atoms with Crippen molar-refractivity contribution in [1.29, 1.82) is 0 Å². The van der Waals surface area contributed by atoms with Crippen LogP contribution in [0.4, 0.5) is 8.78 Å². The number of benzene rings is 2. The van der Waals surface area contributed by atoms with E-state index in [1.54, 1.807) is 23.2 Å². The zero-order valence-corrected chi connectivity index (χ0v) is 14.3. The lowest BCUT2D eigenvalue weighted by Crippen LogP contribution is -2.06. The molecule has 0 saturated heterocycles. The molecule has 4 rings (SSSR count). The van der Waals surface area contributed by atoms with Gasteiger partial charge in [-0.15, -0.1) is 0 Å². The number of cyclic esters (lactones) is 1. The summed E-state index contributed by atoms with van der Waals surface area (Å²) in [5.74, 6) is -0.501. The van der Waals surface area contributed by atoms with Crippen molar-refractivity contribution in [2.24, 2.45) is 4.99 Å². The molecule has 0 atom stereocenters. The summed E-state index contributed by atoms with van der Waals surface area (Å²) in [7, 11) is 0. The third kappa shape index (κ3) is 3.80. The molecule has 28 heavy (non-hydrogen) atoms. The number of nitrogens with zero attached hydrogens (tertiary/aromatic N) is 3. The first kappa shape index (κ1) is 17.6. The lowest BCUT2D eigenvalue weighted by molar-refractivity contribution is -0.129. The van der Waals surface area contributed by atoms with Gasteiger partial charge in [0, 0.05) is 17.3 Å². The molecule has 0 saturated carbocycles. The number of hydrogen-bond donors (Lipinski definition) is 0. The lowest BCUT2D eigenvalue weighted by Gasteiger charge is -2.04. The second-order valence-electron chi connectivity index (χ2n) is 5.79. The summed E-state index contributed by atoms with van der Waals surface area (Å²) >= 11 is 0. The second-order valence-corrected chi connectivity index (χ2v) is 5.79. The fraction of sp³-hybridized carbons (Fsp3) is 0.0500. The predicted octanol–water partition coefficient (Wildman–Crippen LogP) is 3.82. The molecule has 0 amide bonds. The van der Waals surface area contributed by atoms with E-state index in [-0.39, 0.29) is 17.3 Å². The highest BCUT2D eigenvalue weighted by molar-refractivity contribution is 6.12. The van der Waals surface area contributed by atoms with Crippen molar-refractivity contribution in [3.63, 3.8) is 0 Å². The van der Waals surface area contributed by atoms with Gasteiger partial charge < -0.3 is 9.47 Å². The van der Waals surface area contributed by atoms with Crippen LogP contribution in [-0.4, -0.2) is 28.3 Å². The van der Waals surface area contributed by atoms with E-state index in [4.69, 9.17) is 4.74 Å². The molecule has 6 nitrogen and oxygen atoms in total. The molecular weight excluding hydrogens is 368 g/mol. The maximum atomic E-state index is 12.2. The summed E-state index contributed by atoms with van der Waals surface area (Å²) in [5.41, 5.74) is 2.16. The number of ether oxygens (including phenoxy) is 2. The molecule has 1 aliphatic heterocycles. The Hall–Kier alpha value is -3.81. The van der Waals surface area contributed by atoms with Gasteiger partial charge in [0.2, 0.25) is 5.90 Å². The van der Waals surface area contributed by atoms with E-state index in [2.05, 4.69) is 14.8 Å². The fourth-order valence-corrected chi connectivity index (χ4v) is 2.60. The Morgan fingerprint density at radius 1 is 1.07 bits per heavy atom. The standard InChI is InChI=1S/C20H13F2N3O3/c21-20(22)27-16-8-6-14(7-9-16)18-24-17(19(26)28-18)10-13-11-23-25(12-13)15-4-2-1-3-5-15/h1-12,20H/b17-10-. The summed E-state index contributed by atoms with van der Waals surface area (Å²) < 4.78 is 35.6. The quantitative estimate of drug-likeness (QED) is 0.498. The number of carbonyl (C=O) groups is 1. The lowest BCUT2D eigenvalue weighted by atomic mass is 10.2. The van der Waals surface area contributed by atoms with Crippen LogP contribution in [0.1, 0.15) is 11.1 Å². The number of carbonyl (C=O) groups excluding carboxylic acids is 1. The molecule has 0 N–H and O–H groups in total. The summed E-state index contributed by atoms with van der Waals surface area (Å²) in [6.45, 7) is -2.90. The molecule has 0 bridgehead atoms. The fourth-order valence-electron chi connectivity index (χ4n) is 2.60. The molecule has 8 heteroatoms. The van der Waals surface area contributed by atoms with Gasteiger partial charge in [0.05, 0.1) is 11.9 Å². The van der Waals surface area contributed by atoms with E-state index < -0.39 is 12.6 Å². The maximum absolute atomic E-state index is 12.2. The van der Waals surface area contributed by atoms with Gasteiger partial charge in [-0.2, -0.15) is 13.9 Å². The van der Waals surface area contributed by atoms with Crippen LogP contribution >= 0.6 is 0 Å². The number of aromatic nitrogens is 2. The Kier molecular flexibility index (Phi) is 4.67. The Morgan fingerprint density at radius 3 is 2.54 bits per heavy atom. The molecule has 140 valence electrons. The number of halogens is 2. The van der Waals surface area contributed by atoms with Gasteiger partial charge in [0.1, 0.15) is 5.75 Å². The summed E-state index contributed by atoms with van der Waals surface area (Å²) in [6, 6.07) is 15.2. The van der Waals surface area contributed by atoms with Crippen molar-refractivity contribution in [3.8, 4) is 11.4 Å². The van der Waals surface area contributed by atoms with Gasteiger partial charge in [0.15, 0.2) is 5.70 Å². The largest absolute Gasteiger partial charge is 0.435 e. The Morgan fingerprint density at radius 2 is 1.82 bits per heavy atom. The first-order valence-corrected chi connectivity index (χ1v) is 8.26. The van der Waals surface area contributed by atoms with Gasteiger partial charge in [-0.1, -0.05) is 18.2 Å². The Bertz CT molecular complexity index is 1060. The van der Waals surface area contributed by atoms with E-state index in [0.29, 0.717) is 11.1 Å². The topological polar surface area (TPSA) is 65.7 Å². The van der Waals surface area contributed by atoms with Gasteiger partial charge in [-0.05, 0) is 42.5 Å². The van der Waals surface area contributed by atoms with Gasteiger partial charge in [0.25, 0.3) is 0 Å². The molecule has 3 aromatic rings. The molecule has 2 heterocycles. The van der Waals surface area contributed by atoms with Crippen molar-refractivity contribution in [2.75, 3.05) is 0 Å². The van der Waals surface area contributed by atoms with Gasteiger partial charge in [-0.25, -0.2) is 14.5 Å². The predicted molar refractivity (Wildman–Crippen MR) is 97.2 cm³/mol. The highest BCUT2D eigenvalue weighted by atomic mass is 19.3. The van der Waals surface area contributed by atoms with Crippen LogP contribution in [0.25, 0.3) is 11.8 Å². The highest BCUT2D eigenvalue weighted by Crippen LogP contribution is 2.22. The summed E-state index contributed by atoms with van der Waals surface area (Å²) in [6.07, 6.45) is 4.94. The van der Waals surface area contributed by atoms with Crippen molar-refractivity contribution < 1.29 is 23.0 Å². The number of para-hydroxylation sites is 1. The minimum absolute atomic E-state index is 0.00719. The number of aliphatic imine (C=N–C) groups is 1. The minimum atomic E-state index is -2.90. The number of hydrogen-bond acceptors (Lipinski definition) is 5. The van der Waals surface area contributed by atoms with Crippen molar-refractivity contribution in [1.82, 2.24) is 9.78 Å². The van der Waals surface area contributed by atoms with Crippen LogP contribution < -0.4 is 4.74 Å². The second kappa shape index (κ2) is 7.43.